The predicted octanol–water partition coefficient (Wildman–Crippen LogP) is 0.805. The first-order valence-corrected chi connectivity index (χ1v) is 3.80. The van der Waals surface area contributed by atoms with Crippen molar-refractivity contribution in [2.75, 3.05) is 7.11 Å². The number of carbonyl (C=O) groups is 1. The summed E-state index contributed by atoms with van der Waals surface area (Å²) in [5, 5.41) is 9.06. The molecule has 0 aliphatic rings. The van der Waals surface area contributed by atoms with E-state index in [1.807, 2.05) is 4.98 Å². The maximum atomic E-state index is 12.4. The van der Waals surface area contributed by atoms with Crippen LogP contribution in [0.15, 0.2) is 11.0 Å². The normalized spacial score (nSPS) is 10.4. The highest BCUT2D eigenvalue weighted by molar-refractivity contribution is 5.91. The fourth-order valence-electron chi connectivity index (χ4n) is 1.03. The van der Waals surface area contributed by atoms with Crippen molar-refractivity contribution in [3.8, 4) is 5.75 Å². The average molecular weight is 219 g/mol. The Morgan fingerprint density at radius 3 is 2.67 bits per heavy atom. The molecular formula is C8H7F2NO4. The molecule has 0 radical (unpaired) electrons. The highest BCUT2D eigenvalue weighted by Gasteiger charge is 2.24. The Labute approximate surface area is 82.3 Å². The zero-order chi connectivity index (χ0) is 11.6. The number of aromatic nitrogens is 1. The molecule has 0 unspecified atom stereocenters. The molecule has 1 rings (SSSR count). The van der Waals surface area contributed by atoms with E-state index >= 15 is 0 Å². The van der Waals surface area contributed by atoms with Gasteiger partial charge in [0, 0.05) is 6.20 Å². The molecule has 15 heavy (non-hydrogen) atoms. The number of nitrogens with one attached hydrogen (secondary N) is 1. The van der Waals surface area contributed by atoms with Crippen LogP contribution in [-0.2, 0) is 4.74 Å². The Bertz CT molecular complexity index is 441. The molecule has 1 heterocycles. The highest BCUT2D eigenvalue weighted by Crippen LogP contribution is 2.28. The van der Waals surface area contributed by atoms with Gasteiger partial charge in [-0.25, -0.2) is 13.6 Å². The van der Waals surface area contributed by atoms with Crippen LogP contribution in [-0.4, -0.2) is 23.2 Å². The van der Waals surface area contributed by atoms with Crippen molar-refractivity contribution >= 4 is 5.97 Å². The Morgan fingerprint density at radius 2 is 2.20 bits per heavy atom. The largest absolute Gasteiger partial charge is 0.503 e. The van der Waals surface area contributed by atoms with Crippen LogP contribution >= 0.6 is 0 Å². The number of carbonyl (C=O) groups excluding carboxylic acids is 1. The Kier molecular flexibility index (Phi) is 3.03. The molecule has 7 heteroatoms. The second-order valence-corrected chi connectivity index (χ2v) is 2.59. The minimum absolute atomic E-state index is 0.565. The maximum absolute atomic E-state index is 12.4. The van der Waals surface area contributed by atoms with Crippen LogP contribution in [0.4, 0.5) is 8.78 Å². The number of aromatic hydroxyl groups is 1. The Morgan fingerprint density at radius 1 is 1.60 bits per heavy atom. The summed E-state index contributed by atoms with van der Waals surface area (Å²) in [4.78, 5) is 23.8. The van der Waals surface area contributed by atoms with Crippen molar-refractivity contribution in [2.45, 2.75) is 6.43 Å². The average Bonchev–Trinajstić information content (AvgIpc) is 2.20. The van der Waals surface area contributed by atoms with Gasteiger partial charge in [0.2, 0.25) is 0 Å². The zero-order valence-corrected chi connectivity index (χ0v) is 7.58. The molecule has 0 bridgehead atoms. The molecule has 0 saturated heterocycles. The SMILES string of the molecule is COC(=O)c1c[nH]c(=O)c(O)c1C(F)F. The van der Waals surface area contributed by atoms with Crippen LogP contribution in [0.1, 0.15) is 22.3 Å². The van der Waals surface area contributed by atoms with Crippen molar-refractivity contribution in [2.24, 2.45) is 0 Å². The number of H-pyrrole nitrogens is 1. The third-order valence-electron chi connectivity index (χ3n) is 1.73. The van der Waals surface area contributed by atoms with Gasteiger partial charge in [-0.1, -0.05) is 0 Å². The molecule has 0 aliphatic carbocycles. The van der Waals surface area contributed by atoms with Crippen LogP contribution in [0.5, 0.6) is 5.75 Å². The molecule has 1 aromatic heterocycles. The summed E-state index contributed by atoms with van der Waals surface area (Å²) in [6.07, 6.45) is -2.36. The molecular weight excluding hydrogens is 212 g/mol. The maximum Gasteiger partial charge on any atom is 0.339 e. The summed E-state index contributed by atoms with van der Waals surface area (Å²) in [5.74, 6) is -2.23. The number of esters is 1. The number of rotatable bonds is 2. The first-order valence-electron chi connectivity index (χ1n) is 3.80. The molecule has 1 aromatic rings. The first kappa shape index (κ1) is 11.2. The fraction of sp³-hybridized carbons (Fsp3) is 0.250. The van der Waals surface area contributed by atoms with Crippen LogP contribution in [0.25, 0.3) is 0 Å². The van der Waals surface area contributed by atoms with Gasteiger partial charge < -0.3 is 14.8 Å². The minimum atomic E-state index is -3.14. The van der Waals surface area contributed by atoms with Gasteiger partial charge in [0.1, 0.15) is 0 Å². The molecule has 0 saturated carbocycles. The number of ether oxygens (including phenoxy) is 1. The topological polar surface area (TPSA) is 79.4 Å². The van der Waals surface area contributed by atoms with Crippen molar-refractivity contribution in [1.82, 2.24) is 4.98 Å². The lowest BCUT2D eigenvalue weighted by atomic mass is 10.1. The lowest BCUT2D eigenvalue weighted by molar-refractivity contribution is 0.0587. The van der Waals surface area contributed by atoms with Gasteiger partial charge >= 0.3 is 5.97 Å². The molecule has 2 N–H and O–H groups in total. The summed E-state index contributed by atoms with van der Waals surface area (Å²) in [7, 11) is 1.000. The van der Waals surface area contributed by atoms with Gasteiger partial charge in [0.05, 0.1) is 18.2 Å². The second-order valence-electron chi connectivity index (χ2n) is 2.59. The molecule has 0 aliphatic heterocycles. The van der Waals surface area contributed by atoms with E-state index in [9.17, 15) is 18.4 Å². The summed E-state index contributed by atoms with van der Waals surface area (Å²) < 4.78 is 29.1. The van der Waals surface area contributed by atoms with Crippen molar-refractivity contribution in [3.05, 3.63) is 27.7 Å². The number of alkyl halides is 2. The summed E-state index contributed by atoms with van der Waals surface area (Å²) in [5.41, 5.74) is -2.67. The first-order chi connectivity index (χ1) is 6.99. The van der Waals surface area contributed by atoms with E-state index in [4.69, 9.17) is 5.11 Å². The molecule has 0 spiro atoms. The molecule has 0 fully saturated rings. The van der Waals surface area contributed by atoms with Gasteiger partial charge in [-0.2, -0.15) is 0 Å². The summed E-state index contributed by atoms with van der Waals surface area (Å²) in [6, 6.07) is 0. The Balaban J connectivity index is 3.47. The number of aromatic amines is 1. The van der Waals surface area contributed by atoms with E-state index in [1.165, 1.54) is 0 Å². The summed E-state index contributed by atoms with van der Waals surface area (Å²) in [6.45, 7) is 0. The van der Waals surface area contributed by atoms with E-state index in [0.29, 0.717) is 0 Å². The standard InChI is InChI=1S/C8H7F2NO4/c1-15-8(14)3-2-11-7(13)5(12)4(3)6(9)10/h2,6,12H,1H3,(H,11,13). The van der Waals surface area contributed by atoms with Crippen molar-refractivity contribution < 1.29 is 23.4 Å². The van der Waals surface area contributed by atoms with Crippen LogP contribution in [0.3, 0.4) is 0 Å². The fourth-order valence-corrected chi connectivity index (χ4v) is 1.03. The van der Waals surface area contributed by atoms with Gasteiger partial charge in [-0.3, -0.25) is 4.79 Å². The lowest BCUT2D eigenvalue weighted by Gasteiger charge is -2.07. The van der Waals surface area contributed by atoms with Crippen LogP contribution < -0.4 is 5.56 Å². The van der Waals surface area contributed by atoms with Crippen LogP contribution in [0.2, 0.25) is 0 Å². The quantitative estimate of drug-likeness (QED) is 0.721. The van der Waals surface area contributed by atoms with E-state index in [1.54, 1.807) is 0 Å². The minimum Gasteiger partial charge on any atom is -0.503 e. The molecule has 82 valence electrons. The number of hydrogen-bond donors (Lipinski definition) is 2. The van der Waals surface area contributed by atoms with Crippen molar-refractivity contribution in [3.63, 3.8) is 0 Å². The van der Waals surface area contributed by atoms with E-state index in [2.05, 4.69) is 4.74 Å². The van der Waals surface area contributed by atoms with E-state index in [0.717, 1.165) is 13.3 Å². The molecule has 0 amide bonds. The number of methoxy groups -OCH3 is 1. The van der Waals surface area contributed by atoms with E-state index < -0.39 is 34.8 Å². The van der Waals surface area contributed by atoms with Gasteiger partial charge in [-0.15, -0.1) is 0 Å². The molecule has 5 nitrogen and oxygen atoms in total. The number of pyridine rings is 1. The van der Waals surface area contributed by atoms with Crippen molar-refractivity contribution in [1.29, 1.82) is 0 Å². The number of halogens is 2. The van der Waals surface area contributed by atoms with Gasteiger partial charge in [0.25, 0.3) is 12.0 Å². The predicted molar refractivity (Wildman–Crippen MR) is 45.0 cm³/mol. The van der Waals surface area contributed by atoms with Crippen LogP contribution in [0, 0.1) is 0 Å². The smallest absolute Gasteiger partial charge is 0.339 e. The zero-order valence-electron chi connectivity index (χ0n) is 7.58. The van der Waals surface area contributed by atoms with Gasteiger partial charge in [-0.05, 0) is 0 Å². The third kappa shape index (κ3) is 1.95. The lowest BCUT2D eigenvalue weighted by Crippen LogP contribution is -2.14. The monoisotopic (exact) mass is 219 g/mol. The number of hydrogen-bond acceptors (Lipinski definition) is 4. The van der Waals surface area contributed by atoms with E-state index in [-0.39, 0.29) is 0 Å². The Hall–Kier alpha value is -1.92. The molecule has 0 aromatic carbocycles. The second kappa shape index (κ2) is 4.07. The highest BCUT2D eigenvalue weighted by atomic mass is 19.3. The summed E-state index contributed by atoms with van der Waals surface area (Å²) >= 11 is 0. The molecule has 0 atom stereocenters. The van der Waals surface area contributed by atoms with Gasteiger partial charge in [0.15, 0.2) is 5.75 Å². The third-order valence-corrected chi connectivity index (χ3v) is 1.73.